The zero-order chi connectivity index (χ0) is 60.0. The normalized spacial score (nSPS) is 24.8. The topological polar surface area (TPSA) is 421 Å². The van der Waals surface area contributed by atoms with Gasteiger partial charge in [0.1, 0.15) is 41.0 Å². The number of thioether (sulfide) groups is 1. The largest absolute Gasteiger partial charge is 0.478 e. The Kier molecular flexibility index (Phi) is 23.3. The first-order valence-electron chi connectivity index (χ1n) is 26.4. The molecule has 1 fully saturated rings. The molecule has 1 aromatic carbocycles. The number of rotatable bonds is 18. The summed E-state index contributed by atoms with van der Waals surface area (Å²) < 4.78 is 0. The van der Waals surface area contributed by atoms with Crippen LogP contribution in [0.5, 0.6) is 0 Å². The quantitative estimate of drug-likeness (QED) is 0.0568. The molecule has 1 saturated heterocycles. The van der Waals surface area contributed by atoms with E-state index in [1.807, 2.05) is 0 Å². The van der Waals surface area contributed by atoms with Crippen molar-refractivity contribution in [2.24, 2.45) is 5.92 Å². The molecule has 0 aliphatic carbocycles. The second-order valence-corrected chi connectivity index (χ2v) is 22.2. The molecule has 10 atom stereocenters. The van der Waals surface area contributed by atoms with Crippen molar-refractivity contribution in [3.8, 4) is 0 Å². The van der Waals surface area contributed by atoms with Crippen LogP contribution >= 0.6 is 23.4 Å². The molecule has 444 valence electrons. The zero-order valence-electron chi connectivity index (χ0n) is 45.4. The molecule has 0 saturated carbocycles. The smallest absolute Gasteiger partial charge is 0.332 e. The molecular formula is C52H71ClN10O17S. The van der Waals surface area contributed by atoms with Gasteiger partial charge < -0.3 is 78.0 Å². The number of carboxylic acids is 1. The van der Waals surface area contributed by atoms with Gasteiger partial charge in [-0.1, -0.05) is 11.6 Å². The van der Waals surface area contributed by atoms with Crippen molar-refractivity contribution >= 4 is 111 Å². The van der Waals surface area contributed by atoms with Crippen LogP contribution in [0.3, 0.4) is 0 Å². The summed E-state index contributed by atoms with van der Waals surface area (Å²) in [7, 11) is 0. The molecule has 29 heteroatoms. The summed E-state index contributed by atoms with van der Waals surface area (Å²) in [5.41, 5.74) is -1.24. The van der Waals surface area contributed by atoms with Crippen LogP contribution < -0.4 is 42.5 Å². The minimum atomic E-state index is -1.98. The highest BCUT2D eigenvalue weighted by atomic mass is 35.5. The Morgan fingerprint density at radius 2 is 1.53 bits per heavy atom. The number of aliphatic carboxylic acids is 1. The third-order valence-electron chi connectivity index (χ3n) is 13.9. The predicted octanol–water partition coefficient (Wildman–Crippen LogP) is -1.98. The number of aliphatic hydroxyl groups excluding tert-OH is 3. The van der Waals surface area contributed by atoms with Crippen molar-refractivity contribution in [3.63, 3.8) is 0 Å². The fraction of sp³-hybridized carbons (Fsp3) is 0.577. The monoisotopic (exact) mass is 1170 g/mol. The molecule has 3 aliphatic rings. The number of ketones is 2. The number of nitrogens with one attached hydrogen (secondary N) is 9. The van der Waals surface area contributed by atoms with Gasteiger partial charge in [-0.3, -0.25) is 52.7 Å². The van der Waals surface area contributed by atoms with Gasteiger partial charge in [0.25, 0.3) is 5.91 Å². The number of Topliss-reactive ketones (excluding diaryl/α,β-unsaturated/α-hetero) is 2. The number of hydrogen-bond donors (Lipinski definition) is 14. The number of halogens is 1. The highest BCUT2D eigenvalue weighted by Gasteiger charge is 2.44. The molecule has 5 rings (SSSR count). The lowest BCUT2D eigenvalue weighted by Crippen LogP contribution is -2.61. The third kappa shape index (κ3) is 18.3. The van der Waals surface area contributed by atoms with Crippen molar-refractivity contribution in [2.75, 3.05) is 37.3 Å². The van der Waals surface area contributed by atoms with Crippen molar-refractivity contribution in [2.45, 2.75) is 158 Å². The van der Waals surface area contributed by atoms with Crippen LogP contribution in [-0.4, -0.2) is 192 Å². The average Bonchev–Trinajstić information content (AvgIpc) is 3.98. The van der Waals surface area contributed by atoms with Gasteiger partial charge in [0.2, 0.25) is 47.3 Å². The van der Waals surface area contributed by atoms with Gasteiger partial charge in [0, 0.05) is 92.8 Å². The highest BCUT2D eigenvalue weighted by molar-refractivity contribution is 7.99. The minimum Gasteiger partial charge on any atom is -0.478 e. The molecule has 9 amide bonds. The molecule has 1 aromatic heterocycles. The minimum absolute atomic E-state index is 0.000961. The lowest BCUT2D eigenvalue weighted by molar-refractivity contribution is -0.142. The Bertz CT molecular complexity index is 2800. The molecule has 27 nitrogen and oxygen atoms in total. The lowest BCUT2D eigenvalue weighted by atomic mass is 9.90. The molecular weight excluding hydrogens is 1100 g/mol. The molecule has 0 spiro atoms. The average molecular weight is 1180 g/mol. The van der Waals surface area contributed by atoms with E-state index < -0.39 is 143 Å². The maximum Gasteiger partial charge on any atom is 0.332 e. The summed E-state index contributed by atoms with van der Waals surface area (Å²) in [5.74, 6) is -11.2. The van der Waals surface area contributed by atoms with E-state index in [2.05, 4.69) is 47.5 Å². The summed E-state index contributed by atoms with van der Waals surface area (Å²) in [4.78, 5) is 165. The Morgan fingerprint density at radius 1 is 0.840 bits per heavy atom. The standard InChI is InChI=1S/C52H71ClN10O17S/c1-24(51(78)79)41(53)47(75)55-15-13-30(66)8-6-9-39(69)54-14-7-10-40(70)58-29-11-12-34-32(18-29)33-16-28-17-38(68)25(2)56-46(74)37-19-31(67)21-63(37)50(77)36(22-81-49(33)61-34)60-48(76)42(27(4)65)62-43(71)26(3)57-45(73)35(59-44(28)72)20-52(5,80)23-64/h11-12,18,25-28,31,35-37,42,61,64-65,67,80H,6-10,13-17,19-23H2,1-5H3,(H,54,69)(H,55,75)(H,56,74)(H,57,73)(H,58,70)(H,59,72)(H,60,76)(H,62,71)(H,78,79)/b41-24+/t25-,26-,27?,28+,31+,35-,36+,37-,42+,52+/m0/s1. The van der Waals surface area contributed by atoms with E-state index in [9.17, 15) is 78.0 Å². The highest BCUT2D eigenvalue weighted by Crippen LogP contribution is 2.35. The Hall–Kier alpha value is -6.98. The number of anilines is 1. The molecule has 1 unspecified atom stereocenters. The first kappa shape index (κ1) is 64.8. The van der Waals surface area contributed by atoms with Crippen LogP contribution in [0.2, 0.25) is 0 Å². The van der Waals surface area contributed by atoms with Crippen LogP contribution in [0.25, 0.3) is 10.9 Å². The SMILES string of the molecule is C/C(C(=O)O)=C(\Cl)C(=O)NCCC(=O)CCCC(=O)NCCCC(=O)Nc1ccc2[nH]c3c(c2c1)C[C@@H]1CC(=O)[C@H](C)NC(=O)[C@@H]2C[C@@H](O)CN2C(=O)[C@@H](CS3)NC(=O)[C@@H](C(C)O)NC(=O)[C@H](C)NC(=O)[C@H](C[C@@](C)(O)CO)NC1=O. The maximum absolute atomic E-state index is 14.7. The number of fused-ring (bicyclic) bond motifs is 5. The van der Waals surface area contributed by atoms with Gasteiger partial charge in [-0.25, -0.2) is 4.79 Å². The van der Waals surface area contributed by atoms with Crippen LogP contribution in [0.15, 0.2) is 33.8 Å². The second kappa shape index (κ2) is 29.1. The Morgan fingerprint density at radius 3 is 2.21 bits per heavy atom. The van der Waals surface area contributed by atoms with Gasteiger partial charge in [-0.15, -0.1) is 11.8 Å². The van der Waals surface area contributed by atoms with Crippen LogP contribution in [0, 0.1) is 5.92 Å². The number of aromatic nitrogens is 1. The first-order chi connectivity index (χ1) is 38.1. The van der Waals surface area contributed by atoms with Crippen LogP contribution in [-0.2, 0) is 64.0 Å². The number of H-pyrrole nitrogens is 1. The molecule has 2 bridgehead atoms. The molecule has 3 aliphatic heterocycles. The number of amides is 9. The summed E-state index contributed by atoms with van der Waals surface area (Å²) in [6.45, 7) is 4.97. The Balaban J connectivity index is 1.42. The third-order valence-corrected chi connectivity index (χ3v) is 15.5. The number of carbonyl (C=O) groups excluding carboxylic acids is 11. The number of hydrogen-bond acceptors (Lipinski definition) is 17. The summed E-state index contributed by atoms with van der Waals surface area (Å²) in [6, 6.07) is -4.19. The van der Waals surface area contributed by atoms with E-state index in [0.717, 1.165) is 23.6 Å². The van der Waals surface area contributed by atoms with E-state index in [1.165, 1.54) is 27.7 Å². The van der Waals surface area contributed by atoms with Crippen molar-refractivity contribution in [1.29, 1.82) is 0 Å². The van der Waals surface area contributed by atoms with E-state index >= 15 is 0 Å². The van der Waals surface area contributed by atoms with Gasteiger partial charge in [-0.05, 0) is 77.6 Å². The summed E-state index contributed by atoms with van der Waals surface area (Å²) in [6.07, 6.45) is -4.15. The fourth-order valence-electron chi connectivity index (χ4n) is 9.13. The van der Waals surface area contributed by atoms with Gasteiger partial charge >= 0.3 is 5.97 Å². The van der Waals surface area contributed by atoms with Gasteiger partial charge in [0.05, 0.1) is 41.1 Å². The predicted molar refractivity (Wildman–Crippen MR) is 291 cm³/mol. The number of benzene rings is 1. The number of aromatic amines is 1. The van der Waals surface area contributed by atoms with Crippen LogP contribution in [0.4, 0.5) is 5.69 Å². The fourth-order valence-corrected chi connectivity index (χ4v) is 10.4. The number of carboxylic acid groups (broad SMARTS) is 1. The zero-order valence-corrected chi connectivity index (χ0v) is 47.0. The van der Waals surface area contributed by atoms with Gasteiger partial charge in [0.15, 0.2) is 5.78 Å². The van der Waals surface area contributed by atoms with E-state index in [1.54, 1.807) is 18.2 Å². The van der Waals surface area contributed by atoms with Crippen molar-refractivity contribution < 1.29 is 83.1 Å². The molecule has 14 N–H and O–H groups in total. The van der Waals surface area contributed by atoms with Crippen molar-refractivity contribution in [1.82, 2.24) is 47.1 Å². The van der Waals surface area contributed by atoms with E-state index in [-0.39, 0.29) is 99.7 Å². The first-order valence-corrected chi connectivity index (χ1v) is 27.7. The van der Waals surface area contributed by atoms with E-state index in [4.69, 9.17) is 16.7 Å². The molecule has 4 heterocycles. The molecule has 2 aromatic rings. The lowest BCUT2D eigenvalue weighted by Gasteiger charge is -2.31. The maximum atomic E-state index is 14.7. The molecule has 0 radical (unpaired) electrons. The van der Waals surface area contributed by atoms with E-state index in [0.29, 0.717) is 21.5 Å². The van der Waals surface area contributed by atoms with Gasteiger partial charge in [-0.2, -0.15) is 0 Å². The number of carbonyl (C=O) groups is 12. The summed E-state index contributed by atoms with van der Waals surface area (Å²) in [5, 5.41) is 72.2. The molecule has 81 heavy (non-hydrogen) atoms. The second-order valence-electron chi connectivity index (χ2n) is 20.8. The Labute approximate surface area is 474 Å². The van der Waals surface area contributed by atoms with Crippen molar-refractivity contribution in [3.05, 3.63) is 34.4 Å². The number of nitrogens with zero attached hydrogens (tertiary/aromatic N) is 1. The number of aliphatic hydroxyl groups is 4. The summed E-state index contributed by atoms with van der Waals surface area (Å²) >= 11 is 6.74. The van der Waals surface area contributed by atoms with Crippen LogP contribution in [0.1, 0.15) is 98.0 Å².